The fourth-order valence-corrected chi connectivity index (χ4v) is 1.52. The molecule has 0 aliphatic heterocycles. The highest BCUT2D eigenvalue weighted by Crippen LogP contribution is 2.12. The van der Waals surface area contributed by atoms with Crippen LogP contribution in [0.15, 0.2) is 36.9 Å². The van der Waals surface area contributed by atoms with E-state index >= 15 is 0 Å². The number of hydrogen-bond donors (Lipinski definition) is 2. The Morgan fingerprint density at radius 1 is 1.41 bits per heavy atom. The van der Waals surface area contributed by atoms with Crippen LogP contribution in [0.4, 0.5) is 0 Å². The van der Waals surface area contributed by atoms with E-state index in [0.717, 1.165) is 5.56 Å². The van der Waals surface area contributed by atoms with E-state index in [9.17, 15) is 4.79 Å². The molecule has 92 valence electrons. The Bertz CT molecular complexity index is 370. The molecule has 0 aliphatic rings. The molecule has 1 amide bonds. The SMILES string of the molecule is C=CCNCC(=O)N[C@@H](C)c1ccc(C)cc1. The molecule has 1 rings (SSSR count). The molecule has 0 saturated heterocycles. The Morgan fingerprint density at radius 3 is 2.65 bits per heavy atom. The molecule has 0 saturated carbocycles. The van der Waals surface area contributed by atoms with Crippen molar-refractivity contribution in [3.63, 3.8) is 0 Å². The summed E-state index contributed by atoms with van der Waals surface area (Å²) in [4.78, 5) is 11.6. The molecule has 0 unspecified atom stereocenters. The quantitative estimate of drug-likeness (QED) is 0.581. The molecule has 0 aromatic heterocycles. The summed E-state index contributed by atoms with van der Waals surface area (Å²) in [7, 11) is 0. The molecule has 1 aromatic rings. The molecule has 0 aliphatic carbocycles. The third-order valence-electron chi connectivity index (χ3n) is 2.53. The van der Waals surface area contributed by atoms with Crippen LogP contribution in [0.1, 0.15) is 24.1 Å². The predicted octanol–water partition coefficient (Wildman–Crippen LogP) is 1.95. The highest BCUT2D eigenvalue weighted by atomic mass is 16.1. The van der Waals surface area contributed by atoms with E-state index in [1.54, 1.807) is 6.08 Å². The second-order valence-corrected chi connectivity index (χ2v) is 4.12. The average Bonchev–Trinajstić information content (AvgIpc) is 2.30. The van der Waals surface area contributed by atoms with E-state index in [-0.39, 0.29) is 11.9 Å². The van der Waals surface area contributed by atoms with E-state index in [1.807, 2.05) is 38.1 Å². The lowest BCUT2D eigenvalue weighted by Gasteiger charge is -2.14. The summed E-state index contributed by atoms with van der Waals surface area (Å²) in [6, 6.07) is 8.21. The second kappa shape index (κ2) is 6.86. The first-order chi connectivity index (χ1) is 8.13. The van der Waals surface area contributed by atoms with Crippen molar-refractivity contribution >= 4 is 5.91 Å². The normalized spacial score (nSPS) is 11.9. The van der Waals surface area contributed by atoms with Crippen LogP contribution in [0.25, 0.3) is 0 Å². The Hall–Kier alpha value is -1.61. The molecular weight excluding hydrogens is 212 g/mol. The number of benzene rings is 1. The summed E-state index contributed by atoms with van der Waals surface area (Å²) in [5.41, 5.74) is 2.34. The van der Waals surface area contributed by atoms with Crippen molar-refractivity contribution in [1.29, 1.82) is 0 Å². The fraction of sp³-hybridized carbons (Fsp3) is 0.357. The van der Waals surface area contributed by atoms with Crippen molar-refractivity contribution in [3.8, 4) is 0 Å². The van der Waals surface area contributed by atoms with Crippen LogP contribution in [-0.4, -0.2) is 19.0 Å². The number of aryl methyl sites for hydroxylation is 1. The van der Waals surface area contributed by atoms with E-state index in [1.165, 1.54) is 5.56 Å². The first-order valence-corrected chi connectivity index (χ1v) is 5.81. The molecule has 3 heteroatoms. The van der Waals surface area contributed by atoms with Crippen LogP contribution in [0.5, 0.6) is 0 Å². The Balaban J connectivity index is 2.42. The topological polar surface area (TPSA) is 41.1 Å². The third kappa shape index (κ3) is 4.83. The zero-order chi connectivity index (χ0) is 12.7. The molecule has 3 nitrogen and oxygen atoms in total. The molecule has 0 heterocycles. The number of rotatable bonds is 6. The van der Waals surface area contributed by atoms with Crippen LogP contribution in [0.3, 0.4) is 0 Å². The lowest BCUT2D eigenvalue weighted by atomic mass is 10.1. The van der Waals surface area contributed by atoms with Crippen molar-refractivity contribution in [1.82, 2.24) is 10.6 Å². The first kappa shape index (κ1) is 13.5. The summed E-state index contributed by atoms with van der Waals surface area (Å²) < 4.78 is 0. The van der Waals surface area contributed by atoms with Gasteiger partial charge in [0.1, 0.15) is 0 Å². The second-order valence-electron chi connectivity index (χ2n) is 4.12. The molecule has 1 atom stereocenters. The minimum atomic E-state index is -0.0000694. The van der Waals surface area contributed by atoms with Gasteiger partial charge in [0.15, 0.2) is 0 Å². The van der Waals surface area contributed by atoms with Gasteiger partial charge in [0.2, 0.25) is 5.91 Å². The molecule has 0 radical (unpaired) electrons. The Morgan fingerprint density at radius 2 is 2.06 bits per heavy atom. The van der Waals surface area contributed by atoms with Crippen molar-refractivity contribution in [2.24, 2.45) is 0 Å². The first-order valence-electron chi connectivity index (χ1n) is 5.81. The standard InChI is InChI=1S/C14H20N2O/c1-4-9-15-10-14(17)16-12(3)13-7-5-11(2)6-8-13/h4-8,12,15H,1,9-10H2,2-3H3,(H,16,17)/t12-/m0/s1. The molecular formula is C14H20N2O. The largest absolute Gasteiger partial charge is 0.348 e. The van der Waals surface area contributed by atoms with E-state index in [0.29, 0.717) is 13.1 Å². The maximum absolute atomic E-state index is 11.6. The molecule has 17 heavy (non-hydrogen) atoms. The minimum Gasteiger partial charge on any atom is -0.348 e. The summed E-state index contributed by atoms with van der Waals surface area (Å²) >= 11 is 0. The van der Waals surface area contributed by atoms with Crippen molar-refractivity contribution < 1.29 is 4.79 Å². The average molecular weight is 232 g/mol. The maximum atomic E-state index is 11.6. The summed E-state index contributed by atoms with van der Waals surface area (Å²) in [6.45, 7) is 8.58. The smallest absolute Gasteiger partial charge is 0.234 e. The van der Waals surface area contributed by atoms with Gasteiger partial charge in [0.05, 0.1) is 12.6 Å². The van der Waals surface area contributed by atoms with Gasteiger partial charge in [-0.2, -0.15) is 0 Å². The van der Waals surface area contributed by atoms with Crippen LogP contribution in [-0.2, 0) is 4.79 Å². The third-order valence-corrected chi connectivity index (χ3v) is 2.53. The summed E-state index contributed by atoms with van der Waals surface area (Å²) in [6.07, 6.45) is 1.73. The van der Waals surface area contributed by atoms with Gasteiger partial charge in [-0.3, -0.25) is 4.79 Å². The van der Waals surface area contributed by atoms with Gasteiger partial charge >= 0.3 is 0 Å². The van der Waals surface area contributed by atoms with Gasteiger partial charge in [0.25, 0.3) is 0 Å². The van der Waals surface area contributed by atoms with Gasteiger partial charge in [-0.05, 0) is 19.4 Å². The summed E-state index contributed by atoms with van der Waals surface area (Å²) in [5, 5.41) is 5.91. The van der Waals surface area contributed by atoms with Gasteiger partial charge in [-0.1, -0.05) is 35.9 Å². The van der Waals surface area contributed by atoms with Gasteiger partial charge < -0.3 is 10.6 Å². The van der Waals surface area contributed by atoms with Crippen molar-refractivity contribution in [3.05, 3.63) is 48.0 Å². The number of carbonyl (C=O) groups excluding carboxylic acids is 1. The van der Waals surface area contributed by atoms with Gasteiger partial charge in [-0.15, -0.1) is 6.58 Å². The van der Waals surface area contributed by atoms with Crippen LogP contribution in [0, 0.1) is 6.92 Å². The monoisotopic (exact) mass is 232 g/mol. The lowest BCUT2D eigenvalue weighted by Crippen LogP contribution is -2.35. The molecule has 2 N–H and O–H groups in total. The molecule has 0 bridgehead atoms. The molecule has 1 aromatic carbocycles. The lowest BCUT2D eigenvalue weighted by molar-refractivity contribution is -0.120. The fourth-order valence-electron chi connectivity index (χ4n) is 1.52. The number of hydrogen-bond acceptors (Lipinski definition) is 2. The number of amides is 1. The van der Waals surface area contributed by atoms with Crippen LogP contribution in [0.2, 0.25) is 0 Å². The van der Waals surface area contributed by atoms with E-state index < -0.39 is 0 Å². The van der Waals surface area contributed by atoms with Crippen molar-refractivity contribution in [2.45, 2.75) is 19.9 Å². The predicted molar refractivity (Wildman–Crippen MR) is 70.8 cm³/mol. The Labute approximate surface area is 103 Å². The number of carbonyl (C=O) groups is 1. The maximum Gasteiger partial charge on any atom is 0.234 e. The zero-order valence-electron chi connectivity index (χ0n) is 10.5. The highest BCUT2D eigenvalue weighted by molar-refractivity contribution is 5.78. The Kier molecular flexibility index (Phi) is 5.43. The zero-order valence-corrected chi connectivity index (χ0v) is 10.5. The minimum absolute atomic E-state index is 0.0000694. The van der Waals surface area contributed by atoms with E-state index in [4.69, 9.17) is 0 Å². The van der Waals surface area contributed by atoms with Gasteiger partial charge in [0, 0.05) is 6.54 Å². The van der Waals surface area contributed by atoms with Crippen LogP contribution >= 0.6 is 0 Å². The number of nitrogens with one attached hydrogen (secondary N) is 2. The molecule has 0 fully saturated rings. The van der Waals surface area contributed by atoms with Crippen LogP contribution < -0.4 is 10.6 Å². The highest BCUT2D eigenvalue weighted by Gasteiger charge is 2.08. The molecule has 0 spiro atoms. The summed E-state index contributed by atoms with van der Waals surface area (Å²) in [5.74, 6) is -0.0000694. The van der Waals surface area contributed by atoms with Gasteiger partial charge in [-0.25, -0.2) is 0 Å². The van der Waals surface area contributed by atoms with Crippen molar-refractivity contribution in [2.75, 3.05) is 13.1 Å². The van der Waals surface area contributed by atoms with E-state index in [2.05, 4.69) is 17.2 Å².